The van der Waals surface area contributed by atoms with Crippen LogP contribution in [0.2, 0.25) is 4.34 Å². The van der Waals surface area contributed by atoms with Crippen LogP contribution in [0.3, 0.4) is 0 Å². The van der Waals surface area contributed by atoms with E-state index in [1.165, 1.54) is 11.3 Å². The Kier molecular flexibility index (Phi) is 5.98. The summed E-state index contributed by atoms with van der Waals surface area (Å²) in [7, 11) is 0. The van der Waals surface area contributed by atoms with E-state index in [0.29, 0.717) is 23.1 Å². The van der Waals surface area contributed by atoms with E-state index in [0.717, 1.165) is 10.6 Å². The number of aromatic nitrogens is 1. The number of anilines is 1. The van der Waals surface area contributed by atoms with Gasteiger partial charge in [0.15, 0.2) is 0 Å². The molecule has 0 unspecified atom stereocenters. The summed E-state index contributed by atoms with van der Waals surface area (Å²) in [6.45, 7) is 6.88. The van der Waals surface area contributed by atoms with Crippen LogP contribution in [0.15, 0.2) is 30.5 Å². The van der Waals surface area contributed by atoms with Crippen molar-refractivity contribution in [1.82, 2.24) is 10.3 Å². The zero-order chi connectivity index (χ0) is 16.9. The summed E-state index contributed by atoms with van der Waals surface area (Å²) >= 11 is 7.31. The molecule has 0 radical (unpaired) electrons. The summed E-state index contributed by atoms with van der Waals surface area (Å²) in [5.41, 5.74) is 1.31. The fourth-order valence-electron chi connectivity index (χ4n) is 1.81. The van der Waals surface area contributed by atoms with Crippen LogP contribution in [0.1, 0.15) is 31.3 Å². The van der Waals surface area contributed by atoms with Crippen molar-refractivity contribution >= 4 is 34.7 Å². The van der Waals surface area contributed by atoms with Crippen LogP contribution in [-0.2, 0) is 17.8 Å². The molecule has 1 aromatic carbocycles. The quantitative estimate of drug-likeness (QED) is 0.834. The molecule has 1 amide bonds. The Hall–Kier alpha value is -1.63. The molecule has 0 fully saturated rings. The number of carbonyl (C=O) groups is 1. The highest BCUT2D eigenvalue weighted by Gasteiger charge is 2.15. The van der Waals surface area contributed by atoms with Crippen molar-refractivity contribution in [2.75, 3.05) is 5.32 Å². The van der Waals surface area contributed by atoms with Crippen molar-refractivity contribution < 1.29 is 9.53 Å². The molecule has 2 aromatic rings. The minimum Gasteiger partial charge on any atom is -0.444 e. The van der Waals surface area contributed by atoms with E-state index < -0.39 is 11.7 Å². The Morgan fingerprint density at radius 2 is 1.96 bits per heavy atom. The summed E-state index contributed by atoms with van der Waals surface area (Å²) in [6, 6.07) is 7.60. The summed E-state index contributed by atoms with van der Waals surface area (Å²) in [5, 5.41) is 6.96. The van der Waals surface area contributed by atoms with Gasteiger partial charge in [-0.1, -0.05) is 23.7 Å². The molecule has 23 heavy (non-hydrogen) atoms. The standard InChI is InChI=1S/C16H20ClN3O2S/c1-16(2,3)22-15(21)20-12-6-4-11(5-7-12)8-18-10-14-19-9-13(17)23-14/h4-7,9,18H,8,10H2,1-3H3,(H,20,21). The molecule has 0 saturated carbocycles. The van der Waals surface area contributed by atoms with Gasteiger partial charge in [0.2, 0.25) is 0 Å². The molecule has 2 N–H and O–H groups in total. The highest BCUT2D eigenvalue weighted by molar-refractivity contribution is 7.15. The molecular weight excluding hydrogens is 334 g/mol. The van der Waals surface area contributed by atoms with E-state index in [2.05, 4.69) is 15.6 Å². The van der Waals surface area contributed by atoms with Crippen LogP contribution in [0.25, 0.3) is 0 Å². The fraction of sp³-hybridized carbons (Fsp3) is 0.375. The van der Waals surface area contributed by atoms with Gasteiger partial charge < -0.3 is 10.1 Å². The molecule has 0 aliphatic rings. The zero-order valence-corrected chi connectivity index (χ0v) is 14.9. The largest absolute Gasteiger partial charge is 0.444 e. The highest BCUT2D eigenvalue weighted by atomic mass is 35.5. The summed E-state index contributed by atoms with van der Waals surface area (Å²) in [6.07, 6.45) is 1.20. The lowest BCUT2D eigenvalue weighted by atomic mass is 10.2. The van der Waals surface area contributed by atoms with Gasteiger partial charge in [-0.3, -0.25) is 5.32 Å². The van der Waals surface area contributed by atoms with E-state index >= 15 is 0 Å². The first-order chi connectivity index (χ1) is 10.8. The molecule has 0 aliphatic heterocycles. The topological polar surface area (TPSA) is 63.2 Å². The van der Waals surface area contributed by atoms with Crippen molar-refractivity contribution in [3.63, 3.8) is 0 Å². The van der Waals surface area contributed by atoms with E-state index in [1.807, 2.05) is 45.0 Å². The number of halogens is 1. The lowest BCUT2D eigenvalue weighted by Crippen LogP contribution is -2.27. The number of nitrogens with zero attached hydrogens (tertiary/aromatic N) is 1. The Bertz CT molecular complexity index is 650. The molecule has 124 valence electrons. The smallest absolute Gasteiger partial charge is 0.412 e. The van der Waals surface area contributed by atoms with Crippen molar-refractivity contribution in [2.24, 2.45) is 0 Å². The van der Waals surface area contributed by atoms with Gasteiger partial charge >= 0.3 is 6.09 Å². The minimum absolute atomic E-state index is 0.455. The lowest BCUT2D eigenvalue weighted by Gasteiger charge is -2.19. The van der Waals surface area contributed by atoms with Gasteiger partial charge in [0.25, 0.3) is 0 Å². The first kappa shape index (κ1) is 17.7. The molecule has 5 nitrogen and oxygen atoms in total. The molecule has 1 heterocycles. The van der Waals surface area contributed by atoms with E-state index in [1.54, 1.807) is 6.20 Å². The van der Waals surface area contributed by atoms with Gasteiger partial charge in [-0.05, 0) is 38.5 Å². The molecule has 0 atom stereocenters. The van der Waals surface area contributed by atoms with Gasteiger partial charge in [0.1, 0.15) is 14.9 Å². The third-order valence-electron chi connectivity index (χ3n) is 2.73. The molecule has 0 saturated heterocycles. The van der Waals surface area contributed by atoms with Crippen LogP contribution in [0.5, 0.6) is 0 Å². The Morgan fingerprint density at radius 1 is 1.26 bits per heavy atom. The Morgan fingerprint density at radius 3 is 2.52 bits per heavy atom. The number of nitrogens with one attached hydrogen (secondary N) is 2. The second-order valence-corrected chi connectivity index (χ2v) is 7.73. The number of amides is 1. The number of rotatable bonds is 5. The summed E-state index contributed by atoms with van der Waals surface area (Å²) in [5.74, 6) is 0. The molecule has 0 aliphatic carbocycles. The van der Waals surface area contributed by atoms with Crippen LogP contribution >= 0.6 is 22.9 Å². The first-order valence-electron chi connectivity index (χ1n) is 7.22. The molecule has 2 rings (SSSR count). The number of hydrogen-bond acceptors (Lipinski definition) is 5. The third-order valence-corrected chi connectivity index (χ3v) is 3.84. The van der Waals surface area contributed by atoms with E-state index in [4.69, 9.17) is 16.3 Å². The number of thiazole rings is 1. The SMILES string of the molecule is CC(C)(C)OC(=O)Nc1ccc(CNCc2ncc(Cl)s2)cc1. The van der Waals surface area contributed by atoms with Gasteiger partial charge in [-0.2, -0.15) is 0 Å². The maximum atomic E-state index is 11.7. The molecule has 7 heteroatoms. The number of ether oxygens (including phenoxy) is 1. The average Bonchev–Trinajstić information content (AvgIpc) is 2.84. The Balaban J connectivity index is 1.79. The summed E-state index contributed by atoms with van der Waals surface area (Å²) < 4.78 is 5.90. The van der Waals surface area contributed by atoms with Crippen LogP contribution in [0, 0.1) is 0 Å². The lowest BCUT2D eigenvalue weighted by molar-refractivity contribution is 0.0636. The number of benzene rings is 1. The molecule has 0 spiro atoms. The third kappa shape index (κ3) is 6.56. The maximum absolute atomic E-state index is 11.7. The molecular formula is C16H20ClN3O2S. The predicted octanol–water partition coefficient (Wildman–Crippen LogP) is 4.43. The van der Waals surface area contributed by atoms with Gasteiger partial charge in [0.05, 0.1) is 6.20 Å². The average molecular weight is 354 g/mol. The highest BCUT2D eigenvalue weighted by Crippen LogP contribution is 2.18. The first-order valence-corrected chi connectivity index (χ1v) is 8.41. The predicted molar refractivity (Wildman–Crippen MR) is 94.0 cm³/mol. The fourth-order valence-corrected chi connectivity index (χ4v) is 2.74. The van der Waals surface area contributed by atoms with Crippen molar-refractivity contribution in [3.8, 4) is 0 Å². The minimum atomic E-state index is -0.507. The monoisotopic (exact) mass is 353 g/mol. The van der Waals surface area contributed by atoms with Gasteiger partial charge in [0, 0.05) is 18.8 Å². The molecule has 0 bridgehead atoms. The van der Waals surface area contributed by atoms with Crippen LogP contribution < -0.4 is 10.6 Å². The molecule has 1 aromatic heterocycles. The van der Waals surface area contributed by atoms with Crippen LogP contribution in [0.4, 0.5) is 10.5 Å². The van der Waals surface area contributed by atoms with Crippen molar-refractivity contribution in [3.05, 3.63) is 45.4 Å². The Labute approximate surface area is 145 Å². The maximum Gasteiger partial charge on any atom is 0.412 e. The second kappa shape index (κ2) is 7.77. The normalized spacial score (nSPS) is 11.3. The van der Waals surface area contributed by atoms with E-state index in [-0.39, 0.29) is 0 Å². The van der Waals surface area contributed by atoms with Gasteiger partial charge in [-0.15, -0.1) is 11.3 Å². The van der Waals surface area contributed by atoms with Gasteiger partial charge in [-0.25, -0.2) is 9.78 Å². The van der Waals surface area contributed by atoms with Crippen LogP contribution in [-0.4, -0.2) is 16.7 Å². The number of hydrogen-bond donors (Lipinski definition) is 2. The summed E-state index contributed by atoms with van der Waals surface area (Å²) in [4.78, 5) is 15.9. The zero-order valence-electron chi connectivity index (χ0n) is 13.4. The van der Waals surface area contributed by atoms with E-state index in [9.17, 15) is 4.79 Å². The number of carbonyl (C=O) groups excluding carboxylic acids is 1. The van der Waals surface area contributed by atoms with Crippen molar-refractivity contribution in [2.45, 2.75) is 39.5 Å². The second-order valence-electron chi connectivity index (χ2n) is 5.99. The van der Waals surface area contributed by atoms with Crippen molar-refractivity contribution in [1.29, 1.82) is 0 Å².